The Labute approximate surface area is 143 Å². The topological polar surface area (TPSA) is 88.5 Å². The molecule has 2 aromatic heterocycles. The van der Waals surface area contributed by atoms with Gasteiger partial charge in [-0.05, 0) is 19.9 Å². The van der Waals surface area contributed by atoms with Crippen molar-refractivity contribution in [3.8, 4) is 5.75 Å². The number of amides is 1. The first-order valence-electron chi connectivity index (χ1n) is 8.11. The van der Waals surface area contributed by atoms with E-state index in [9.17, 15) is 9.59 Å². The maximum atomic E-state index is 12.5. The molecule has 7 nitrogen and oxygen atoms in total. The van der Waals surface area contributed by atoms with Crippen LogP contribution >= 0.6 is 0 Å². The summed E-state index contributed by atoms with van der Waals surface area (Å²) in [5.41, 5.74) is 3.33. The Kier molecular flexibility index (Phi) is 3.56. The van der Waals surface area contributed by atoms with Gasteiger partial charge in [0.2, 0.25) is 5.91 Å². The number of H-pyrrole nitrogens is 1. The largest absolute Gasteiger partial charge is 0.491 e. The zero-order chi connectivity index (χ0) is 17.6. The number of aromatic nitrogens is 3. The van der Waals surface area contributed by atoms with Gasteiger partial charge in [0.25, 0.3) is 5.56 Å². The molecule has 7 heteroatoms. The predicted molar refractivity (Wildman–Crippen MR) is 91.8 cm³/mol. The van der Waals surface area contributed by atoms with Gasteiger partial charge in [-0.15, -0.1) is 0 Å². The lowest BCUT2D eigenvalue weighted by molar-refractivity contribution is -0.121. The molecule has 1 atom stereocenters. The van der Waals surface area contributed by atoms with Crippen LogP contribution in [0.3, 0.4) is 0 Å². The molecule has 2 N–H and O–H groups in total. The van der Waals surface area contributed by atoms with Crippen molar-refractivity contribution in [1.82, 2.24) is 19.9 Å². The van der Waals surface area contributed by atoms with Gasteiger partial charge in [-0.1, -0.05) is 17.7 Å². The third-order valence-electron chi connectivity index (χ3n) is 4.46. The van der Waals surface area contributed by atoms with Crippen LogP contribution in [0.25, 0.3) is 5.65 Å². The quantitative estimate of drug-likeness (QED) is 0.756. The molecule has 0 saturated carbocycles. The smallest absolute Gasteiger partial charge is 0.276 e. The number of hydrogen-bond acceptors (Lipinski definition) is 4. The number of rotatable bonds is 3. The Balaban J connectivity index is 1.56. The van der Waals surface area contributed by atoms with Crippen LogP contribution in [0.1, 0.15) is 28.4 Å². The second-order valence-electron chi connectivity index (χ2n) is 6.29. The molecule has 1 aliphatic rings. The Morgan fingerprint density at radius 2 is 2.24 bits per heavy atom. The zero-order valence-corrected chi connectivity index (χ0v) is 14.0. The molecule has 4 rings (SSSR count). The molecular formula is C18H18N4O3. The number of carbonyl (C=O) groups excluding carboxylic acids is 1. The summed E-state index contributed by atoms with van der Waals surface area (Å²) in [4.78, 5) is 29.4. The van der Waals surface area contributed by atoms with Gasteiger partial charge in [-0.2, -0.15) is 0 Å². The molecule has 0 saturated heterocycles. The second-order valence-corrected chi connectivity index (χ2v) is 6.29. The standard InChI is InChI=1S/C18H18N4O3/c1-10-3-4-15-13(7-10)14(9-25-15)21-17(23)8-12-11(2)20-16-5-6-19-22(16)18(12)24/h3-7,14,19H,8-9H2,1-2H3,(H,21,23). The molecule has 1 unspecified atom stereocenters. The average molecular weight is 338 g/mol. The van der Waals surface area contributed by atoms with E-state index in [0.29, 0.717) is 23.5 Å². The highest BCUT2D eigenvalue weighted by Gasteiger charge is 2.26. The van der Waals surface area contributed by atoms with Crippen molar-refractivity contribution in [2.75, 3.05) is 6.61 Å². The Hall–Kier alpha value is -3.09. The molecule has 0 radical (unpaired) electrons. The van der Waals surface area contributed by atoms with E-state index >= 15 is 0 Å². The summed E-state index contributed by atoms with van der Waals surface area (Å²) in [6.07, 6.45) is 1.62. The fourth-order valence-electron chi connectivity index (χ4n) is 3.17. The first kappa shape index (κ1) is 15.4. The van der Waals surface area contributed by atoms with Crippen LogP contribution in [-0.2, 0) is 11.2 Å². The lowest BCUT2D eigenvalue weighted by Crippen LogP contribution is -2.33. The molecule has 3 heterocycles. The second kappa shape index (κ2) is 5.77. The minimum Gasteiger partial charge on any atom is -0.491 e. The third-order valence-corrected chi connectivity index (χ3v) is 4.46. The normalized spacial score (nSPS) is 15.8. The number of ether oxygens (including phenoxy) is 1. The molecular weight excluding hydrogens is 320 g/mol. The summed E-state index contributed by atoms with van der Waals surface area (Å²) in [6, 6.07) is 7.42. The van der Waals surface area contributed by atoms with E-state index in [1.165, 1.54) is 4.52 Å². The zero-order valence-electron chi connectivity index (χ0n) is 14.0. The molecule has 128 valence electrons. The van der Waals surface area contributed by atoms with E-state index in [1.807, 2.05) is 25.1 Å². The first-order valence-corrected chi connectivity index (χ1v) is 8.11. The van der Waals surface area contributed by atoms with Gasteiger partial charge >= 0.3 is 0 Å². The summed E-state index contributed by atoms with van der Waals surface area (Å²) < 4.78 is 6.95. The van der Waals surface area contributed by atoms with E-state index in [1.54, 1.807) is 19.2 Å². The Morgan fingerprint density at radius 1 is 1.40 bits per heavy atom. The molecule has 0 spiro atoms. The van der Waals surface area contributed by atoms with Crippen LogP contribution in [0, 0.1) is 13.8 Å². The van der Waals surface area contributed by atoms with Gasteiger partial charge in [-0.3, -0.25) is 14.7 Å². The van der Waals surface area contributed by atoms with E-state index < -0.39 is 0 Å². The molecule has 0 aliphatic carbocycles. The average Bonchev–Trinajstić information content (AvgIpc) is 3.19. The maximum Gasteiger partial charge on any atom is 0.276 e. The van der Waals surface area contributed by atoms with Crippen LogP contribution in [0.4, 0.5) is 0 Å². The molecule has 25 heavy (non-hydrogen) atoms. The van der Waals surface area contributed by atoms with Crippen molar-refractivity contribution in [2.45, 2.75) is 26.3 Å². The number of hydrogen-bond donors (Lipinski definition) is 2. The first-order chi connectivity index (χ1) is 12.0. The minimum atomic E-state index is -0.249. The third kappa shape index (κ3) is 2.67. The van der Waals surface area contributed by atoms with Crippen molar-refractivity contribution in [2.24, 2.45) is 0 Å². The summed E-state index contributed by atoms with van der Waals surface area (Å²) in [6.45, 7) is 4.14. The van der Waals surface area contributed by atoms with Crippen molar-refractivity contribution >= 4 is 11.6 Å². The number of nitrogens with zero attached hydrogens (tertiary/aromatic N) is 2. The highest BCUT2D eigenvalue weighted by molar-refractivity contribution is 5.79. The summed E-state index contributed by atoms with van der Waals surface area (Å²) in [5, 5.41) is 5.77. The summed E-state index contributed by atoms with van der Waals surface area (Å²) in [7, 11) is 0. The SMILES string of the molecule is Cc1ccc2c(c1)C(NC(=O)Cc1c(C)nc3cc[nH]n3c1=O)CO2. The Bertz CT molecular complexity index is 1030. The van der Waals surface area contributed by atoms with E-state index in [4.69, 9.17) is 4.74 Å². The fourth-order valence-corrected chi connectivity index (χ4v) is 3.17. The number of aromatic amines is 1. The lowest BCUT2D eigenvalue weighted by Gasteiger charge is -2.12. The van der Waals surface area contributed by atoms with Gasteiger partial charge in [0.15, 0.2) is 5.65 Å². The van der Waals surface area contributed by atoms with Crippen LogP contribution in [-0.4, -0.2) is 27.1 Å². The van der Waals surface area contributed by atoms with E-state index in [-0.39, 0.29) is 23.9 Å². The number of aryl methyl sites for hydroxylation is 2. The van der Waals surface area contributed by atoms with Gasteiger partial charge in [0.05, 0.1) is 12.5 Å². The molecule has 0 bridgehead atoms. The van der Waals surface area contributed by atoms with Gasteiger partial charge in [-0.25, -0.2) is 9.50 Å². The molecule has 1 aliphatic heterocycles. The highest BCUT2D eigenvalue weighted by atomic mass is 16.5. The monoisotopic (exact) mass is 338 g/mol. The minimum absolute atomic E-state index is 0.0166. The lowest BCUT2D eigenvalue weighted by atomic mass is 10.1. The number of fused-ring (bicyclic) bond motifs is 2. The van der Waals surface area contributed by atoms with E-state index in [0.717, 1.165) is 16.9 Å². The van der Waals surface area contributed by atoms with Crippen LogP contribution in [0.15, 0.2) is 35.3 Å². The van der Waals surface area contributed by atoms with Crippen LogP contribution < -0.4 is 15.6 Å². The molecule has 0 fully saturated rings. The number of carbonyl (C=O) groups is 1. The van der Waals surface area contributed by atoms with Gasteiger partial charge < -0.3 is 10.1 Å². The highest BCUT2D eigenvalue weighted by Crippen LogP contribution is 2.32. The number of nitrogens with one attached hydrogen (secondary N) is 2. The molecule has 1 aromatic carbocycles. The van der Waals surface area contributed by atoms with E-state index in [2.05, 4.69) is 15.4 Å². The maximum absolute atomic E-state index is 12.5. The Morgan fingerprint density at radius 3 is 3.08 bits per heavy atom. The predicted octanol–water partition coefficient (Wildman–Crippen LogP) is 1.43. The molecule has 1 amide bonds. The number of benzene rings is 1. The molecule has 3 aromatic rings. The van der Waals surface area contributed by atoms with Gasteiger partial charge in [0.1, 0.15) is 12.4 Å². The summed E-state index contributed by atoms with van der Waals surface area (Å²) in [5.74, 6) is 0.568. The van der Waals surface area contributed by atoms with Crippen molar-refractivity contribution in [3.05, 3.63) is 63.2 Å². The van der Waals surface area contributed by atoms with Crippen molar-refractivity contribution in [3.63, 3.8) is 0 Å². The van der Waals surface area contributed by atoms with Crippen LogP contribution in [0.5, 0.6) is 5.75 Å². The van der Waals surface area contributed by atoms with Gasteiger partial charge in [0, 0.05) is 29.1 Å². The van der Waals surface area contributed by atoms with Crippen molar-refractivity contribution in [1.29, 1.82) is 0 Å². The summed E-state index contributed by atoms with van der Waals surface area (Å²) >= 11 is 0. The van der Waals surface area contributed by atoms with Crippen molar-refractivity contribution < 1.29 is 9.53 Å². The fraction of sp³-hybridized carbons (Fsp3) is 0.278. The van der Waals surface area contributed by atoms with Crippen LogP contribution in [0.2, 0.25) is 0 Å².